The number of hydrogen-bond donors (Lipinski definition) is 3. The van der Waals surface area contributed by atoms with Crippen LogP contribution >= 0.6 is 0 Å². The maximum atomic E-state index is 13.1. The highest BCUT2D eigenvalue weighted by atomic mass is 16.4. The van der Waals surface area contributed by atoms with Crippen LogP contribution in [-0.4, -0.2) is 52.1 Å². The lowest BCUT2D eigenvalue weighted by molar-refractivity contribution is -0.138. The van der Waals surface area contributed by atoms with Crippen molar-refractivity contribution in [3.8, 4) is 0 Å². The number of carboxylic acid groups (broad SMARTS) is 1. The van der Waals surface area contributed by atoms with Crippen molar-refractivity contribution in [2.45, 2.75) is 95.2 Å². The number of fused-ring (bicyclic) bond motifs is 1. The van der Waals surface area contributed by atoms with Gasteiger partial charge >= 0.3 is 5.97 Å². The van der Waals surface area contributed by atoms with Crippen LogP contribution in [0.25, 0.3) is 0 Å². The highest BCUT2D eigenvalue weighted by Crippen LogP contribution is 2.41. The summed E-state index contributed by atoms with van der Waals surface area (Å²) in [5.41, 5.74) is 9.66. The number of carbonyl (C=O) groups excluding carboxylic acids is 1. The van der Waals surface area contributed by atoms with Gasteiger partial charge in [-0.3, -0.25) is 9.59 Å². The third-order valence-electron chi connectivity index (χ3n) is 8.37. The molecule has 1 amide bonds. The van der Waals surface area contributed by atoms with Crippen molar-refractivity contribution >= 4 is 35.0 Å². The number of amides is 1. The van der Waals surface area contributed by atoms with Crippen molar-refractivity contribution in [2.24, 2.45) is 5.73 Å². The second kappa shape index (κ2) is 10.7. The predicted octanol–water partition coefficient (Wildman–Crippen LogP) is 4.34. The van der Waals surface area contributed by atoms with Gasteiger partial charge in [-0.15, -0.1) is 0 Å². The van der Waals surface area contributed by atoms with Crippen molar-refractivity contribution in [1.82, 2.24) is 9.97 Å². The highest BCUT2D eigenvalue weighted by molar-refractivity contribution is 6.04. The number of carbonyl (C=O) groups is 2. The Morgan fingerprint density at radius 2 is 1.89 bits per heavy atom. The Hall–Kier alpha value is -3.20. The van der Waals surface area contributed by atoms with E-state index in [4.69, 9.17) is 10.7 Å². The third-order valence-corrected chi connectivity index (χ3v) is 8.37. The van der Waals surface area contributed by atoms with Gasteiger partial charge in [0.05, 0.1) is 6.20 Å². The molecule has 3 aliphatic rings. The predicted molar refractivity (Wildman–Crippen MR) is 145 cm³/mol. The monoisotopic (exact) mass is 506 g/mol. The smallest absolute Gasteiger partial charge is 0.320 e. The lowest BCUT2D eigenvalue weighted by Crippen LogP contribution is -2.55. The normalized spacial score (nSPS) is 21.4. The number of nitrogens with one attached hydrogen (secondary N) is 1. The molecule has 2 fully saturated rings. The van der Waals surface area contributed by atoms with Crippen molar-refractivity contribution < 1.29 is 14.7 Å². The molecule has 2 aromatic rings. The molecule has 1 aromatic heterocycles. The molecule has 1 aromatic carbocycles. The Labute approximate surface area is 218 Å². The molecule has 2 aliphatic carbocycles. The number of aromatic nitrogens is 2. The Morgan fingerprint density at radius 1 is 1.19 bits per heavy atom. The van der Waals surface area contributed by atoms with E-state index >= 15 is 0 Å². The van der Waals surface area contributed by atoms with Gasteiger partial charge in [-0.25, -0.2) is 4.98 Å². The number of aliphatic carboxylic acids is 1. The van der Waals surface area contributed by atoms with E-state index in [-0.39, 0.29) is 11.9 Å². The molecule has 2 atom stereocenters. The lowest BCUT2D eigenvalue weighted by atomic mass is 9.89. The van der Waals surface area contributed by atoms with Crippen molar-refractivity contribution in [1.29, 1.82) is 0 Å². The van der Waals surface area contributed by atoms with E-state index in [2.05, 4.69) is 28.2 Å². The van der Waals surface area contributed by atoms with Crippen LogP contribution in [0.1, 0.15) is 81.8 Å². The summed E-state index contributed by atoms with van der Waals surface area (Å²) in [6.07, 6.45) is 11.9. The highest BCUT2D eigenvalue weighted by Gasteiger charge is 2.41. The summed E-state index contributed by atoms with van der Waals surface area (Å²) in [4.78, 5) is 38.0. The van der Waals surface area contributed by atoms with Gasteiger partial charge in [-0.05, 0) is 67.7 Å². The van der Waals surface area contributed by atoms with Crippen molar-refractivity contribution in [3.63, 3.8) is 0 Å². The van der Waals surface area contributed by atoms with E-state index in [9.17, 15) is 14.7 Å². The average molecular weight is 507 g/mol. The van der Waals surface area contributed by atoms with E-state index in [0.29, 0.717) is 24.3 Å². The second-order valence-electron chi connectivity index (χ2n) is 10.7. The fraction of sp³-hybridized carbons (Fsp3) is 0.571. The van der Waals surface area contributed by atoms with Gasteiger partial charge in [-0.2, -0.15) is 4.98 Å². The van der Waals surface area contributed by atoms with Crippen molar-refractivity contribution in [2.75, 3.05) is 22.2 Å². The molecule has 1 aliphatic heterocycles. The lowest BCUT2D eigenvalue weighted by Gasteiger charge is -2.43. The molecule has 9 heteroatoms. The van der Waals surface area contributed by atoms with Gasteiger partial charge in [0, 0.05) is 18.8 Å². The molecule has 0 radical (unpaired) electrons. The molecule has 198 valence electrons. The summed E-state index contributed by atoms with van der Waals surface area (Å²) >= 11 is 0. The fourth-order valence-electron chi connectivity index (χ4n) is 6.37. The fourth-order valence-corrected chi connectivity index (χ4v) is 6.37. The summed E-state index contributed by atoms with van der Waals surface area (Å²) < 4.78 is 0. The second-order valence-corrected chi connectivity index (χ2v) is 10.7. The minimum absolute atomic E-state index is 0.0996. The van der Waals surface area contributed by atoms with Crippen molar-refractivity contribution in [3.05, 3.63) is 35.5 Å². The molecule has 2 heterocycles. The first-order valence-corrected chi connectivity index (χ1v) is 13.7. The number of nitrogens with two attached hydrogens (primary N) is 1. The molecule has 5 rings (SSSR count). The third kappa shape index (κ3) is 5.01. The number of carboxylic acids is 1. The van der Waals surface area contributed by atoms with Crippen LogP contribution in [0.15, 0.2) is 24.4 Å². The van der Waals surface area contributed by atoms with Crippen LogP contribution in [0.5, 0.6) is 0 Å². The van der Waals surface area contributed by atoms with Crippen LogP contribution in [0.4, 0.5) is 23.1 Å². The standard InChI is InChI=1S/C28H38N6O3/c1-3-23-26(35)33(2)24-16-30-28(32-25(24)34(23)20-10-6-7-11-20)31-19-13-12-18(14-22(29)27(36)37)21(15-19)17-8-4-5-9-17/h12-13,15-17,20,22-23H,3-11,14,29H2,1-2H3,(H,36,37)(H,30,31,32)/t22-,23+/m0/s1. The minimum atomic E-state index is -0.984. The zero-order chi connectivity index (χ0) is 26.1. The molecule has 0 unspecified atom stereocenters. The molecule has 4 N–H and O–H groups in total. The SMILES string of the molecule is CC[C@@H]1C(=O)N(C)c2cnc(Nc3ccc(C[C@H](N)C(=O)O)c(C4CCCC4)c3)nc2N1C1CCCC1. The summed E-state index contributed by atoms with van der Waals surface area (Å²) in [6.45, 7) is 2.06. The molecular formula is C28H38N6O3. The van der Waals surface area contributed by atoms with E-state index < -0.39 is 12.0 Å². The number of hydrogen-bond acceptors (Lipinski definition) is 7. The van der Waals surface area contributed by atoms with Crippen LogP contribution in [0, 0.1) is 0 Å². The van der Waals surface area contributed by atoms with E-state index in [1.165, 1.54) is 31.2 Å². The van der Waals surface area contributed by atoms with Gasteiger partial charge in [0.1, 0.15) is 17.8 Å². The number of benzene rings is 1. The number of rotatable bonds is 8. The minimum Gasteiger partial charge on any atom is -0.480 e. The van der Waals surface area contributed by atoms with E-state index in [1.54, 1.807) is 18.1 Å². The zero-order valence-electron chi connectivity index (χ0n) is 21.8. The topological polar surface area (TPSA) is 125 Å². The van der Waals surface area contributed by atoms with Crippen LogP contribution in [-0.2, 0) is 16.0 Å². The Balaban J connectivity index is 1.47. The summed E-state index contributed by atoms with van der Waals surface area (Å²) in [7, 11) is 1.81. The first-order valence-electron chi connectivity index (χ1n) is 13.7. The van der Waals surface area contributed by atoms with E-state index in [1.807, 2.05) is 12.1 Å². The molecule has 37 heavy (non-hydrogen) atoms. The summed E-state index contributed by atoms with van der Waals surface area (Å²) in [6, 6.07) is 5.23. The quantitative estimate of drug-likeness (QED) is 0.483. The molecule has 9 nitrogen and oxygen atoms in total. The Bertz CT molecular complexity index is 1160. The number of likely N-dealkylation sites (N-methyl/N-ethyl adjacent to an activating group) is 1. The summed E-state index contributed by atoms with van der Waals surface area (Å²) in [5.74, 6) is 0.834. The van der Waals surface area contributed by atoms with Crippen LogP contribution in [0.3, 0.4) is 0 Å². The molecular weight excluding hydrogens is 468 g/mol. The molecule has 0 spiro atoms. The molecule has 0 saturated heterocycles. The Morgan fingerprint density at radius 3 is 2.57 bits per heavy atom. The van der Waals surface area contributed by atoms with Gasteiger partial charge in [0.2, 0.25) is 11.9 Å². The van der Waals surface area contributed by atoms with Crippen LogP contribution in [0.2, 0.25) is 0 Å². The van der Waals surface area contributed by atoms with Gasteiger partial charge in [-0.1, -0.05) is 38.7 Å². The van der Waals surface area contributed by atoms with Crippen LogP contribution < -0.4 is 20.9 Å². The molecule has 2 saturated carbocycles. The maximum absolute atomic E-state index is 13.1. The van der Waals surface area contributed by atoms with Gasteiger partial charge in [0.15, 0.2) is 5.82 Å². The maximum Gasteiger partial charge on any atom is 0.320 e. The average Bonchev–Trinajstić information content (AvgIpc) is 3.61. The van der Waals surface area contributed by atoms with Gasteiger partial charge in [0.25, 0.3) is 0 Å². The molecule has 0 bridgehead atoms. The first kappa shape index (κ1) is 25.4. The van der Waals surface area contributed by atoms with Gasteiger partial charge < -0.3 is 26.0 Å². The number of anilines is 4. The zero-order valence-corrected chi connectivity index (χ0v) is 21.8. The largest absolute Gasteiger partial charge is 0.480 e. The number of nitrogens with zero attached hydrogens (tertiary/aromatic N) is 4. The first-order chi connectivity index (χ1) is 17.9. The summed E-state index contributed by atoms with van der Waals surface area (Å²) in [5, 5.41) is 12.7. The van der Waals surface area contributed by atoms with E-state index in [0.717, 1.165) is 54.9 Å². The Kier molecular flexibility index (Phi) is 7.33.